The van der Waals surface area contributed by atoms with Gasteiger partial charge in [0, 0.05) is 31.3 Å². The summed E-state index contributed by atoms with van der Waals surface area (Å²) in [7, 11) is 0. The number of nitrogens with zero attached hydrogens (tertiary/aromatic N) is 6. The molecule has 1 aliphatic heterocycles. The maximum Gasteiger partial charge on any atom is 0.264 e. The Morgan fingerprint density at radius 3 is 2.50 bits per heavy atom. The fraction of sp³-hybridized carbons (Fsp3) is 0.414. The van der Waals surface area contributed by atoms with Gasteiger partial charge in [0.25, 0.3) is 5.56 Å². The van der Waals surface area contributed by atoms with E-state index in [4.69, 9.17) is 4.74 Å². The molecule has 4 heterocycles. The van der Waals surface area contributed by atoms with Crippen molar-refractivity contribution in [1.29, 1.82) is 0 Å². The molecule has 0 bridgehead atoms. The molecule has 208 valence electrons. The van der Waals surface area contributed by atoms with E-state index in [1.54, 1.807) is 18.3 Å². The lowest BCUT2D eigenvalue weighted by atomic mass is 9.85. The van der Waals surface area contributed by atoms with E-state index in [-0.39, 0.29) is 35.9 Å². The number of aromatic nitrogens is 5. The van der Waals surface area contributed by atoms with E-state index in [0.29, 0.717) is 48.5 Å². The van der Waals surface area contributed by atoms with Crippen molar-refractivity contribution in [1.82, 2.24) is 29.2 Å². The predicted molar refractivity (Wildman–Crippen MR) is 144 cm³/mol. The Kier molecular flexibility index (Phi) is 7.05. The van der Waals surface area contributed by atoms with Gasteiger partial charge in [-0.05, 0) is 68.9 Å². The number of amides is 1. The van der Waals surface area contributed by atoms with Crippen LogP contribution in [0.4, 0.5) is 4.39 Å². The molecule has 0 spiro atoms. The van der Waals surface area contributed by atoms with Crippen molar-refractivity contribution >= 4 is 16.9 Å². The predicted octanol–water partition coefficient (Wildman–Crippen LogP) is 3.11. The molecule has 1 aromatic carbocycles. The van der Waals surface area contributed by atoms with E-state index in [2.05, 4.69) is 15.1 Å². The molecule has 3 aromatic heterocycles. The molecule has 2 aliphatic rings. The number of piperidine rings is 1. The molecule has 40 heavy (non-hydrogen) atoms. The van der Waals surface area contributed by atoms with Crippen molar-refractivity contribution in [2.75, 3.05) is 13.1 Å². The number of hydrogen-bond donors (Lipinski definition) is 1. The second-order valence-electron chi connectivity index (χ2n) is 10.8. The minimum atomic E-state index is -1.13. The molecule has 6 rings (SSSR count). The first-order valence-electron chi connectivity index (χ1n) is 13.7. The molecule has 11 heteroatoms. The van der Waals surface area contributed by atoms with Crippen molar-refractivity contribution in [3.05, 3.63) is 77.4 Å². The molecule has 1 saturated carbocycles. The molecule has 1 saturated heterocycles. The third-order valence-electron chi connectivity index (χ3n) is 8.04. The van der Waals surface area contributed by atoms with E-state index in [0.717, 1.165) is 25.7 Å². The number of ether oxygens (including phenoxy) is 1. The number of aliphatic hydroxyl groups is 1. The van der Waals surface area contributed by atoms with Crippen LogP contribution in [0.1, 0.15) is 38.5 Å². The van der Waals surface area contributed by atoms with Gasteiger partial charge in [-0.2, -0.15) is 5.10 Å². The molecular weight excluding hydrogens is 515 g/mol. The molecule has 1 N–H and O–H groups in total. The third-order valence-corrected chi connectivity index (χ3v) is 8.04. The highest BCUT2D eigenvalue weighted by atomic mass is 19.1. The molecule has 2 fully saturated rings. The fourth-order valence-electron chi connectivity index (χ4n) is 5.72. The largest absolute Gasteiger partial charge is 0.474 e. The highest BCUT2D eigenvalue weighted by Gasteiger charge is 2.37. The van der Waals surface area contributed by atoms with Crippen LogP contribution in [0.2, 0.25) is 0 Å². The van der Waals surface area contributed by atoms with E-state index in [1.165, 1.54) is 33.9 Å². The fourth-order valence-corrected chi connectivity index (χ4v) is 5.72. The van der Waals surface area contributed by atoms with Gasteiger partial charge in [-0.1, -0.05) is 6.07 Å². The number of carbonyl (C=O) groups excluding carboxylic acids is 1. The highest BCUT2D eigenvalue weighted by Crippen LogP contribution is 2.31. The van der Waals surface area contributed by atoms with Gasteiger partial charge in [-0.3, -0.25) is 14.2 Å². The van der Waals surface area contributed by atoms with Crippen molar-refractivity contribution in [3.63, 3.8) is 0 Å². The first-order valence-corrected chi connectivity index (χ1v) is 13.7. The number of pyridine rings is 1. The number of likely N-dealkylation sites (tertiary alicyclic amines) is 1. The summed E-state index contributed by atoms with van der Waals surface area (Å²) in [4.78, 5) is 36.9. The van der Waals surface area contributed by atoms with Crippen LogP contribution in [0.15, 0.2) is 66.0 Å². The van der Waals surface area contributed by atoms with Crippen LogP contribution in [0.25, 0.3) is 16.7 Å². The first kappa shape index (κ1) is 26.1. The maximum absolute atomic E-state index is 13.3. The molecule has 0 radical (unpaired) electrons. The average Bonchev–Trinajstić information content (AvgIpc) is 3.41. The van der Waals surface area contributed by atoms with Crippen molar-refractivity contribution in [3.8, 4) is 11.6 Å². The van der Waals surface area contributed by atoms with E-state index < -0.39 is 5.60 Å². The zero-order chi connectivity index (χ0) is 27.7. The normalized spacial score (nSPS) is 20.9. The summed E-state index contributed by atoms with van der Waals surface area (Å²) in [5.41, 5.74) is -0.488. The number of halogens is 1. The second kappa shape index (κ2) is 10.8. The zero-order valence-electron chi connectivity index (χ0n) is 22.0. The minimum Gasteiger partial charge on any atom is -0.474 e. The van der Waals surface area contributed by atoms with Crippen LogP contribution >= 0.6 is 0 Å². The van der Waals surface area contributed by atoms with Gasteiger partial charge in [0.2, 0.25) is 11.8 Å². The standard InChI is InChI=1S/C29H31FN6O4/c30-21-6-8-22(9-7-21)36-26-24(17-33-36)28(38)35(19-32-26)18-29(39)12-15-34(16-13-29)27(37)20-4-10-23(11-5-20)40-25-3-1-2-14-31-25/h1-3,6-9,14,17,19-20,23,39H,4-5,10-13,15-16,18H2. The van der Waals surface area contributed by atoms with Gasteiger partial charge in [-0.25, -0.2) is 19.0 Å². The summed E-state index contributed by atoms with van der Waals surface area (Å²) in [6.07, 6.45) is 8.51. The van der Waals surface area contributed by atoms with Crippen molar-refractivity contribution in [2.24, 2.45) is 5.92 Å². The highest BCUT2D eigenvalue weighted by molar-refractivity contribution is 5.79. The quantitative estimate of drug-likeness (QED) is 0.395. The lowest BCUT2D eigenvalue weighted by Gasteiger charge is -2.40. The number of rotatable bonds is 6. The van der Waals surface area contributed by atoms with Gasteiger partial charge in [-0.15, -0.1) is 0 Å². The average molecular weight is 547 g/mol. The topological polar surface area (TPSA) is 115 Å². The Labute approximate surface area is 230 Å². The lowest BCUT2D eigenvalue weighted by molar-refractivity contribution is -0.141. The summed E-state index contributed by atoms with van der Waals surface area (Å²) in [6, 6.07) is 11.4. The van der Waals surface area contributed by atoms with Crippen LogP contribution in [0.3, 0.4) is 0 Å². The van der Waals surface area contributed by atoms with Gasteiger partial charge < -0.3 is 14.7 Å². The monoisotopic (exact) mass is 546 g/mol. The Balaban J connectivity index is 1.05. The number of benzene rings is 1. The SMILES string of the molecule is O=C(C1CCC(Oc2ccccn2)CC1)N1CCC(O)(Cn2cnc3c(cnn3-c3ccc(F)cc3)c2=O)CC1. The molecule has 10 nitrogen and oxygen atoms in total. The van der Waals surface area contributed by atoms with Crippen molar-refractivity contribution in [2.45, 2.75) is 56.8 Å². The zero-order valence-corrected chi connectivity index (χ0v) is 22.0. The van der Waals surface area contributed by atoms with Gasteiger partial charge in [0.15, 0.2) is 5.65 Å². The van der Waals surface area contributed by atoms with Crippen LogP contribution in [-0.4, -0.2) is 65.0 Å². The number of carbonyl (C=O) groups is 1. The van der Waals surface area contributed by atoms with Crippen LogP contribution in [0.5, 0.6) is 5.88 Å². The number of hydrogen-bond acceptors (Lipinski definition) is 7. The lowest BCUT2D eigenvalue weighted by Crippen LogP contribution is -2.51. The van der Waals surface area contributed by atoms with Crippen LogP contribution in [-0.2, 0) is 11.3 Å². The Hall–Kier alpha value is -4.12. The van der Waals surface area contributed by atoms with Crippen LogP contribution < -0.4 is 10.3 Å². The van der Waals surface area contributed by atoms with E-state index in [9.17, 15) is 19.1 Å². The maximum atomic E-state index is 13.3. The molecule has 4 aromatic rings. The summed E-state index contributed by atoms with van der Waals surface area (Å²) >= 11 is 0. The second-order valence-corrected chi connectivity index (χ2v) is 10.8. The molecular formula is C29H31FN6O4. The summed E-state index contributed by atoms with van der Waals surface area (Å²) < 4.78 is 22.2. The van der Waals surface area contributed by atoms with Gasteiger partial charge >= 0.3 is 0 Å². The van der Waals surface area contributed by atoms with Gasteiger partial charge in [0.1, 0.15) is 23.6 Å². The molecule has 0 atom stereocenters. The van der Waals surface area contributed by atoms with E-state index >= 15 is 0 Å². The Morgan fingerprint density at radius 1 is 1.05 bits per heavy atom. The molecule has 1 amide bonds. The summed E-state index contributed by atoms with van der Waals surface area (Å²) in [5.74, 6) is 0.339. The summed E-state index contributed by atoms with van der Waals surface area (Å²) in [5, 5.41) is 15.9. The summed E-state index contributed by atoms with van der Waals surface area (Å²) in [6.45, 7) is 0.952. The first-order chi connectivity index (χ1) is 19.4. The minimum absolute atomic E-state index is 0.0401. The molecule has 0 unspecified atom stereocenters. The van der Waals surface area contributed by atoms with Gasteiger partial charge in [0.05, 0.1) is 24.0 Å². The van der Waals surface area contributed by atoms with Crippen LogP contribution in [0, 0.1) is 11.7 Å². The Morgan fingerprint density at radius 2 is 1.80 bits per heavy atom. The Bertz CT molecular complexity index is 1540. The molecule has 1 aliphatic carbocycles. The third kappa shape index (κ3) is 5.33. The smallest absolute Gasteiger partial charge is 0.264 e. The van der Waals surface area contributed by atoms with Crippen molar-refractivity contribution < 1.29 is 19.0 Å². The van der Waals surface area contributed by atoms with E-state index in [1.807, 2.05) is 23.1 Å². The number of fused-ring (bicyclic) bond motifs is 1.